The summed E-state index contributed by atoms with van der Waals surface area (Å²) in [6.45, 7) is 7.34. The van der Waals surface area contributed by atoms with E-state index < -0.39 is 6.10 Å². The third kappa shape index (κ3) is 5.59. The molecule has 0 aliphatic carbocycles. The zero-order valence-electron chi connectivity index (χ0n) is 12.0. The second-order valence-electron chi connectivity index (χ2n) is 4.14. The van der Waals surface area contributed by atoms with Gasteiger partial charge < -0.3 is 19.3 Å². The molecule has 1 aromatic carbocycles. The van der Waals surface area contributed by atoms with Crippen LogP contribution in [-0.2, 0) is 9.47 Å². The van der Waals surface area contributed by atoms with Gasteiger partial charge >= 0.3 is 0 Å². The smallest absolute Gasteiger partial charge is 0.191 e. The van der Waals surface area contributed by atoms with Crippen molar-refractivity contribution in [1.29, 1.82) is 0 Å². The minimum Gasteiger partial charge on any atom is -0.488 e. The number of benzene rings is 1. The van der Waals surface area contributed by atoms with Gasteiger partial charge in [0.2, 0.25) is 0 Å². The fourth-order valence-corrected chi connectivity index (χ4v) is 1.70. The molecule has 0 fully saturated rings. The lowest BCUT2D eigenvalue weighted by molar-refractivity contribution is -0.152. The van der Waals surface area contributed by atoms with Crippen LogP contribution in [0.4, 0.5) is 0 Å². The molecule has 0 heterocycles. The third-order valence-electron chi connectivity index (χ3n) is 2.74. The Bertz CT molecular complexity index is 331. The molecule has 4 nitrogen and oxygen atoms in total. The predicted octanol–water partition coefficient (Wildman–Crippen LogP) is 2.91. The number of aliphatic hydroxyl groups is 1. The molecular weight excluding hydrogens is 244 g/mol. The Kier molecular flexibility index (Phi) is 7.48. The molecule has 1 rings (SSSR count). The van der Waals surface area contributed by atoms with Gasteiger partial charge in [0.15, 0.2) is 6.29 Å². The molecular formula is C15H24O4. The quantitative estimate of drug-likeness (QED) is 0.700. The molecule has 0 saturated heterocycles. The van der Waals surface area contributed by atoms with Crippen LogP contribution in [0.15, 0.2) is 24.3 Å². The minimum atomic E-state index is -0.409. The van der Waals surface area contributed by atoms with Crippen LogP contribution in [0.3, 0.4) is 0 Å². The summed E-state index contributed by atoms with van der Waals surface area (Å²) in [5.41, 5.74) is 0.904. The summed E-state index contributed by atoms with van der Waals surface area (Å²) >= 11 is 0. The Morgan fingerprint density at radius 2 is 1.58 bits per heavy atom. The van der Waals surface area contributed by atoms with Crippen LogP contribution < -0.4 is 4.74 Å². The fraction of sp³-hybridized carbons (Fsp3) is 0.600. The topological polar surface area (TPSA) is 47.9 Å². The molecule has 19 heavy (non-hydrogen) atoms. The molecule has 1 N–H and O–H groups in total. The molecule has 1 atom stereocenters. The highest BCUT2D eigenvalue weighted by Gasteiger charge is 2.09. The molecule has 0 saturated carbocycles. The molecule has 0 spiro atoms. The lowest BCUT2D eigenvalue weighted by Gasteiger charge is -2.17. The van der Waals surface area contributed by atoms with E-state index in [0.29, 0.717) is 26.2 Å². The van der Waals surface area contributed by atoms with Crippen molar-refractivity contribution in [3.05, 3.63) is 29.8 Å². The van der Waals surface area contributed by atoms with Crippen molar-refractivity contribution in [2.75, 3.05) is 19.8 Å². The summed E-state index contributed by atoms with van der Waals surface area (Å²) in [5, 5.41) is 9.70. The molecule has 1 aromatic rings. The average molecular weight is 268 g/mol. The molecule has 0 amide bonds. The van der Waals surface area contributed by atoms with Gasteiger partial charge in [0.25, 0.3) is 0 Å². The van der Waals surface area contributed by atoms with Gasteiger partial charge in [-0.2, -0.15) is 0 Å². The van der Waals surface area contributed by atoms with Crippen LogP contribution in [0.1, 0.15) is 38.9 Å². The van der Waals surface area contributed by atoms with Crippen LogP contribution in [0, 0.1) is 0 Å². The minimum absolute atomic E-state index is 0.337. The zero-order chi connectivity index (χ0) is 14.1. The van der Waals surface area contributed by atoms with Crippen molar-refractivity contribution in [1.82, 2.24) is 0 Å². The molecule has 0 aliphatic heterocycles. The summed E-state index contributed by atoms with van der Waals surface area (Å²) in [7, 11) is 0. The first kappa shape index (κ1) is 16.0. The van der Waals surface area contributed by atoms with Crippen molar-refractivity contribution in [3.63, 3.8) is 0 Å². The summed E-state index contributed by atoms with van der Waals surface area (Å²) < 4.78 is 16.4. The van der Waals surface area contributed by atoms with Gasteiger partial charge in [-0.1, -0.05) is 19.1 Å². The molecule has 0 aromatic heterocycles. The zero-order valence-corrected chi connectivity index (χ0v) is 12.0. The largest absolute Gasteiger partial charge is 0.488 e. The number of aliphatic hydroxyl groups excluding tert-OH is 1. The normalized spacial score (nSPS) is 12.7. The van der Waals surface area contributed by atoms with Crippen LogP contribution in [0.5, 0.6) is 5.75 Å². The first-order valence-corrected chi connectivity index (χ1v) is 6.85. The lowest BCUT2D eigenvalue weighted by Crippen LogP contribution is -2.25. The molecule has 0 bridgehead atoms. The molecule has 4 heteroatoms. The summed E-state index contributed by atoms with van der Waals surface area (Å²) in [6.07, 6.45) is -0.0405. The van der Waals surface area contributed by atoms with Gasteiger partial charge in [-0.25, -0.2) is 0 Å². The van der Waals surface area contributed by atoms with E-state index in [9.17, 15) is 5.11 Å². The van der Waals surface area contributed by atoms with Gasteiger partial charge in [0.05, 0.1) is 6.10 Å². The maximum atomic E-state index is 9.70. The van der Waals surface area contributed by atoms with Crippen molar-refractivity contribution < 1.29 is 19.3 Å². The van der Waals surface area contributed by atoms with Gasteiger partial charge in [-0.05, 0) is 38.0 Å². The van der Waals surface area contributed by atoms with Crippen LogP contribution in [-0.4, -0.2) is 31.2 Å². The molecule has 0 unspecified atom stereocenters. The van der Waals surface area contributed by atoms with E-state index in [2.05, 4.69) is 0 Å². The Labute approximate surface area is 115 Å². The predicted molar refractivity (Wildman–Crippen MR) is 74.2 cm³/mol. The van der Waals surface area contributed by atoms with E-state index in [1.54, 1.807) is 0 Å². The highest BCUT2D eigenvalue weighted by molar-refractivity contribution is 5.28. The second-order valence-corrected chi connectivity index (χ2v) is 4.14. The van der Waals surface area contributed by atoms with Gasteiger partial charge in [-0.15, -0.1) is 0 Å². The van der Waals surface area contributed by atoms with Gasteiger partial charge in [0.1, 0.15) is 12.4 Å². The van der Waals surface area contributed by atoms with Crippen LogP contribution in [0.25, 0.3) is 0 Å². The van der Waals surface area contributed by atoms with E-state index in [0.717, 1.165) is 11.3 Å². The number of ether oxygens (including phenoxy) is 3. The van der Waals surface area contributed by atoms with Crippen molar-refractivity contribution in [2.24, 2.45) is 0 Å². The number of rotatable bonds is 9. The van der Waals surface area contributed by atoms with E-state index >= 15 is 0 Å². The first-order chi connectivity index (χ1) is 9.21. The highest BCUT2D eigenvalue weighted by atomic mass is 16.7. The Morgan fingerprint density at radius 3 is 2.05 bits per heavy atom. The standard InChI is InChI=1S/C15H24O4/c1-4-14(16)12-7-9-13(10-8-12)19-11-15(17-5-2)18-6-3/h7-10,14-16H,4-6,11H2,1-3H3/t14-/m0/s1. The molecule has 0 aliphatic rings. The summed E-state index contributed by atoms with van der Waals surface area (Å²) in [6, 6.07) is 7.45. The Hall–Kier alpha value is -1.10. The first-order valence-electron chi connectivity index (χ1n) is 6.85. The van der Waals surface area contributed by atoms with E-state index in [-0.39, 0.29) is 6.29 Å². The lowest BCUT2D eigenvalue weighted by atomic mass is 10.1. The second kappa shape index (κ2) is 8.91. The fourth-order valence-electron chi connectivity index (χ4n) is 1.70. The van der Waals surface area contributed by atoms with E-state index in [1.165, 1.54) is 0 Å². The number of hydrogen-bond acceptors (Lipinski definition) is 4. The van der Waals surface area contributed by atoms with Gasteiger partial charge in [-0.3, -0.25) is 0 Å². The maximum absolute atomic E-state index is 9.70. The Morgan fingerprint density at radius 1 is 1.00 bits per heavy atom. The average Bonchev–Trinajstić information content (AvgIpc) is 2.45. The third-order valence-corrected chi connectivity index (χ3v) is 2.74. The summed E-state index contributed by atoms with van der Waals surface area (Å²) in [5.74, 6) is 0.747. The van der Waals surface area contributed by atoms with Crippen LogP contribution >= 0.6 is 0 Å². The summed E-state index contributed by atoms with van der Waals surface area (Å²) in [4.78, 5) is 0. The van der Waals surface area contributed by atoms with Crippen LogP contribution in [0.2, 0.25) is 0 Å². The van der Waals surface area contributed by atoms with Gasteiger partial charge in [0, 0.05) is 13.2 Å². The molecule has 108 valence electrons. The monoisotopic (exact) mass is 268 g/mol. The highest BCUT2D eigenvalue weighted by Crippen LogP contribution is 2.20. The number of hydrogen-bond donors (Lipinski definition) is 1. The van der Waals surface area contributed by atoms with Crippen molar-refractivity contribution >= 4 is 0 Å². The molecule has 0 radical (unpaired) electrons. The SMILES string of the molecule is CCOC(COc1ccc([C@@H](O)CC)cc1)OCC. The Balaban J connectivity index is 2.48. The van der Waals surface area contributed by atoms with E-state index in [4.69, 9.17) is 14.2 Å². The van der Waals surface area contributed by atoms with E-state index in [1.807, 2.05) is 45.0 Å². The van der Waals surface area contributed by atoms with Crippen molar-refractivity contribution in [3.8, 4) is 5.75 Å². The maximum Gasteiger partial charge on any atom is 0.191 e. The van der Waals surface area contributed by atoms with Crippen molar-refractivity contribution in [2.45, 2.75) is 39.6 Å².